The van der Waals surface area contributed by atoms with Crippen LogP contribution in [0.5, 0.6) is 5.75 Å². The molecular formula is C23H31N3O3. The third-order valence-electron chi connectivity index (χ3n) is 5.78. The first kappa shape index (κ1) is 21.1. The van der Waals surface area contributed by atoms with Crippen molar-refractivity contribution >= 4 is 11.6 Å². The first-order valence-corrected chi connectivity index (χ1v) is 10.2. The van der Waals surface area contributed by atoms with Crippen molar-refractivity contribution in [1.82, 2.24) is 5.32 Å². The van der Waals surface area contributed by atoms with E-state index in [0.29, 0.717) is 24.1 Å². The zero-order valence-electron chi connectivity index (χ0n) is 16.9. The van der Waals surface area contributed by atoms with E-state index >= 15 is 0 Å². The average molecular weight is 398 g/mol. The number of carbonyl (C=O) groups excluding carboxylic acids is 1. The van der Waals surface area contributed by atoms with E-state index in [0.717, 1.165) is 19.4 Å². The molecule has 156 valence electrons. The van der Waals surface area contributed by atoms with Crippen LogP contribution < -0.4 is 16.0 Å². The Morgan fingerprint density at radius 3 is 2.72 bits per heavy atom. The molecular weight excluding hydrogens is 366 g/mol. The summed E-state index contributed by atoms with van der Waals surface area (Å²) in [4.78, 5) is 13.7. The lowest BCUT2D eigenvalue weighted by Gasteiger charge is -2.33. The fourth-order valence-corrected chi connectivity index (χ4v) is 4.17. The molecule has 29 heavy (non-hydrogen) atoms. The van der Waals surface area contributed by atoms with E-state index in [1.807, 2.05) is 6.07 Å². The highest BCUT2D eigenvalue weighted by atomic mass is 16.3. The van der Waals surface area contributed by atoms with E-state index in [2.05, 4.69) is 41.5 Å². The Hall–Kier alpha value is -2.57. The second-order valence-electron chi connectivity index (χ2n) is 8.01. The molecule has 0 spiro atoms. The van der Waals surface area contributed by atoms with Crippen LogP contribution in [0.3, 0.4) is 0 Å². The lowest BCUT2D eigenvalue weighted by molar-refractivity contribution is 0.0997. The Morgan fingerprint density at radius 2 is 2.00 bits per heavy atom. The Labute approximate surface area is 172 Å². The molecule has 1 unspecified atom stereocenters. The first-order chi connectivity index (χ1) is 13.9. The predicted molar refractivity (Wildman–Crippen MR) is 115 cm³/mol. The summed E-state index contributed by atoms with van der Waals surface area (Å²) in [5.41, 5.74) is 7.10. The summed E-state index contributed by atoms with van der Waals surface area (Å²) >= 11 is 0. The molecule has 6 nitrogen and oxygen atoms in total. The maximum Gasteiger partial charge on any atom is 0.252 e. The SMILES string of the molecule is CN(C[C@H]1CCC[C@H](NCC(O)c2ccc(O)c(C(N)=O)c2)C1)c1ccccc1. The quantitative estimate of drug-likeness (QED) is 0.549. The van der Waals surface area contributed by atoms with E-state index in [4.69, 9.17) is 5.73 Å². The van der Waals surface area contributed by atoms with Gasteiger partial charge in [-0.1, -0.05) is 30.7 Å². The molecule has 0 aromatic heterocycles. The number of aromatic hydroxyl groups is 1. The van der Waals surface area contributed by atoms with Gasteiger partial charge in [-0.15, -0.1) is 0 Å². The molecule has 6 heteroatoms. The molecule has 3 rings (SSSR count). The standard InChI is InChI=1S/C23H31N3O3/c1-26(19-8-3-2-4-9-19)15-16-6-5-7-18(12-16)25-14-22(28)17-10-11-21(27)20(13-17)23(24)29/h2-4,8-11,13,16,18,22,25,27-28H,5-7,12,14-15H2,1H3,(H2,24,29)/t16-,18-,22?/m0/s1. The van der Waals surface area contributed by atoms with E-state index < -0.39 is 12.0 Å². The van der Waals surface area contributed by atoms with Crippen LogP contribution in [0.25, 0.3) is 0 Å². The first-order valence-electron chi connectivity index (χ1n) is 10.2. The minimum atomic E-state index is -0.763. The van der Waals surface area contributed by atoms with Crippen molar-refractivity contribution in [1.29, 1.82) is 0 Å². The van der Waals surface area contributed by atoms with Crippen molar-refractivity contribution in [2.45, 2.75) is 37.8 Å². The molecule has 0 radical (unpaired) electrons. The fourth-order valence-electron chi connectivity index (χ4n) is 4.17. The monoisotopic (exact) mass is 397 g/mol. The number of aliphatic hydroxyl groups excluding tert-OH is 1. The van der Waals surface area contributed by atoms with Crippen LogP contribution in [-0.2, 0) is 0 Å². The summed E-state index contributed by atoms with van der Waals surface area (Å²) in [5.74, 6) is -0.264. The Bertz CT molecular complexity index is 812. The number of anilines is 1. The zero-order valence-corrected chi connectivity index (χ0v) is 16.9. The number of hydrogen-bond donors (Lipinski definition) is 4. The number of para-hydroxylation sites is 1. The molecule has 1 fully saturated rings. The lowest BCUT2D eigenvalue weighted by Crippen LogP contribution is -2.39. The van der Waals surface area contributed by atoms with Crippen LogP contribution in [0.4, 0.5) is 5.69 Å². The van der Waals surface area contributed by atoms with Gasteiger partial charge in [-0.25, -0.2) is 0 Å². The second kappa shape index (κ2) is 9.76. The molecule has 0 bridgehead atoms. The van der Waals surface area contributed by atoms with E-state index in [9.17, 15) is 15.0 Å². The second-order valence-corrected chi connectivity index (χ2v) is 8.01. The molecule has 2 aromatic rings. The number of hydrogen-bond acceptors (Lipinski definition) is 5. The highest BCUT2D eigenvalue weighted by Gasteiger charge is 2.24. The maximum absolute atomic E-state index is 11.4. The zero-order chi connectivity index (χ0) is 20.8. The Morgan fingerprint density at radius 1 is 1.24 bits per heavy atom. The van der Waals surface area contributed by atoms with Crippen LogP contribution in [0.15, 0.2) is 48.5 Å². The number of carbonyl (C=O) groups is 1. The van der Waals surface area contributed by atoms with Gasteiger partial charge in [0.1, 0.15) is 5.75 Å². The number of aliphatic hydroxyl groups is 1. The maximum atomic E-state index is 11.4. The predicted octanol–water partition coefficient (Wildman–Crippen LogP) is 2.81. The van der Waals surface area contributed by atoms with Crippen LogP contribution in [-0.4, -0.2) is 42.3 Å². The van der Waals surface area contributed by atoms with Crippen LogP contribution in [0, 0.1) is 5.92 Å². The normalized spacial score (nSPS) is 20.2. The van der Waals surface area contributed by atoms with Crippen molar-refractivity contribution in [3.8, 4) is 5.75 Å². The third-order valence-corrected chi connectivity index (χ3v) is 5.78. The van der Waals surface area contributed by atoms with Crippen molar-refractivity contribution in [3.05, 3.63) is 59.7 Å². The highest BCUT2D eigenvalue weighted by molar-refractivity contribution is 5.95. The van der Waals surface area contributed by atoms with Crippen molar-refractivity contribution in [3.63, 3.8) is 0 Å². The smallest absolute Gasteiger partial charge is 0.252 e. The summed E-state index contributed by atoms with van der Waals surface area (Å²) in [6.45, 7) is 1.42. The Balaban J connectivity index is 1.51. The Kier molecular flexibility index (Phi) is 7.12. The molecule has 0 aliphatic heterocycles. The van der Waals surface area contributed by atoms with Crippen molar-refractivity contribution in [2.24, 2.45) is 11.7 Å². The van der Waals surface area contributed by atoms with Gasteiger partial charge in [0.25, 0.3) is 5.91 Å². The van der Waals surface area contributed by atoms with Gasteiger partial charge in [0.2, 0.25) is 0 Å². The average Bonchev–Trinajstić information content (AvgIpc) is 2.73. The van der Waals surface area contributed by atoms with Gasteiger partial charge in [0.05, 0.1) is 11.7 Å². The molecule has 1 amide bonds. The number of nitrogens with zero attached hydrogens (tertiary/aromatic N) is 1. The summed E-state index contributed by atoms with van der Waals surface area (Å²) in [7, 11) is 2.14. The van der Waals surface area contributed by atoms with Gasteiger partial charge < -0.3 is 26.2 Å². The van der Waals surface area contributed by atoms with Gasteiger partial charge in [0.15, 0.2) is 0 Å². The van der Waals surface area contributed by atoms with Crippen LogP contribution >= 0.6 is 0 Å². The van der Waals surface area contributed by atoms with E-state index in [1.165, 1.54) is 30.7 Å². The van der Waals surface area contributed by atoms with E-state index in [1.54, 1.807) is 6.07 Å². The number of primary amides is 1. The number of rotatable bonds is 8. The molecule has 1 aliphatic rings. The number of nitrogens with one attached hydrogen (secondary N) is 1. The minimum absolute atomic E-state index is 0.0308. The fraction of sp³-hybridized carbons (Fsp3) is 0.435. The number of phenols is 1. The lowest BCUT2D eigenvalue weighted by atomic mass is 9.85. The van der Waals surface area contributed by atoms with Crippen molar-refractivity contribution < 1.29 is 15.0 Å². The van der Waals surface area contributed by atoms with Gasteiger partial charge in [-0.3, -0.25) is 4.79 Å². The van der Waals surface area contributed by atoms with Gasteiger partial charge in [0, 0.05) is 31.9 Å². The van der Waals surface area contributed by atoms with Gasteiger partial charge >= 0.3 is 0 Å². The molecule has 5 N–H and O–H groups in total. The van der Waals surface area contributed by atoms with Gasteiger partial charge in [-0.05, 0) is 55.0 Å². The van der Waals surface area contributed by atoms with Crippen LogP contribution in [0.2, 0.25) is 0 Å². The van der Waals surface area contributed by atoms with Gasteiger partial charge in [-0.2, -0.15) is 0 Å². The summed E-state index contributed by atoms with van der Waals surface area (Å²) < 4.78 is 0. The third kappa shape index (κ3) is 5.71. The molecule has 1 saturated carbocycles. The minimum Gasteiger partial charge on any atom is -0.507 e. The molecule has 0 heterocycles. The highest BCUT2D eigenvalue weighted by Crippen LogP contribution is 2.27. The molecule has 2 aromatic carbocycles. The van der Waals surface area contributed by atoms with Crippen molar-refractivity contribution in [2.75, 3.05) is 25.0 Å². The topological polar surface area (TPSA) is 98.8 Å². The van der Waals surface area contributed by atoms with Crippen LogP contribution in [0.1, 0.15) is 47.7 Å². The number of benzene rings is 2. The van der Waals surface area contributed by atoms with E-state index in [-0.39, 0.29) is 11.3 Å². The summed E-state index contributed by atoms with van der Waals surface area (Å²) in [6.07, 6.45) is 3.80. The summed E-state index contributed by atoms with van der Waals surface area (Å²) in [6, 6.07) is 15.3. The molecule has 1 aliphatic carbocycles. The number of nitrogens with two attached hydrogens (primary N) is 1. The summed E-state index contributed by atoms with van der Waals surface area (Å²) in [5, 5.41) is 23.7. The largest absolute Gasteiger partial charge is 0.507 e. The number of amides is 1. The molecule has 3 atom stereocenters. The molecule has 0 saturated heterocycles.